The maximum absolute atomic E-state index is 11.4. The third-order valence-electron chi connectivity index (χ3n) is 6.59. The highest BCUT2D eigenvalue weighted by molar-refractivity contribution is 5.02. The zero-order valence-corrected chi connectivity index (χ0v) is 16.7. The van der Waals surface area contributed by atoms with Gasteiger partial charge in [-0.3, -0.25) is 0 Å². The fourth-order valence-electron chi connectivity index (χ4n) is 4.83. The summed E-state index contributed by atoms with van der Waals surface area (Å²) in [4.78, 5) is 0. The van der Waals surface area contributed by atoms with E-state index in [0.717, 1.165) is 25.7 Å². The van der Waals surface area contributed by atoms with Gasteiger partial charge in [0.1, 0.15) is 0 Å². The molecule has 0 aromatic rings. The SMILES string of the molecule is N#CCCC1(CCC#N)CCCCCCC(CCC#N)(CCC#N)C(O)C1O. The summed E-state index contributed by atoms with van der Waals surface area (Å²) in [6.07, 6.45) is 5.77. The van der Waals surface area contributed by atoms with Gasteiger partial charge in [0.05, 0.1) is 36.5 Å². The summed E-state index contributed by atoms with van der Waals surface area (Å²) in [5.74, 6) is 0. The maximum atomic E-state index is 11.4. The average Bonchev–Trinajstić information content (AvgIpc) is 2.72. The van der Waals surface area contributed by atoms with Gasteiger partial charge in [0, 0.05) is 36.5 Å². The van der Waals surface area contributed by atoms with E-state index in [0.29, 0.717) is 38.5 Å². The zero-order valence-electron chi connectivity index (χ0n) is 16.7. The smallest absolute Gasteiger partial charge is 0.0861 e. The van der Waals surface area contributed by atoms with E-state index in [1.165, 1.54) is 0 Å². The fraction of sp³-hybridized carbons (Fsp3) is 0.818. The predicted molar refractivity (Wildman–Crippen MR) is 104 cm³/mol. The third-order valence-corrected chi connectivity index (χ3v) is 6.59. The molecule has 0 heterocycles. The van der Waals surface area contributed by atoms with Crippen LogP contribution in [0.2, 0.25) is 0 Å². The van der Waals surface area contributed by atoms with Crippen LogP contribution >= 0.6 is 0 Å². The standard InChI is InChI=1S/C22H32N4O2/c23-15-5-11-21(12-6-16-24)9-3-1-2-4-10-22(13-7-17-25,14-8-18-26)20(28)19(21)27/h19-20,27-28H,1-14H2. The van der Waals surface area contributed by atoms with Crippen LogP contribution in [0.15, 0.2) is 0 Å². The lowest BCUT2D eigenvalue weighted by atomic mass is 9.61. The van der Waals surface area contributed by atoms with Gasteiger partial charge in [0.2, 0.25) is 0 Å². The first kappa shape index (κ1) is 23.9. The highest BCUT2D eigenvalue weighted by Gasteiger charge is 2.48. The van der Waals surface area contributed by atoms with Crippen molar-refractivity contribution in [3.8, 4) is 24.3 Å². The van der Waals surface area contributed by atoms with E-state index in [9.17, 15) is 10.2 Å². The number of rotatable bonds is 8. The first-order valence-corrected chi connectivity index (χ1v) is 10.4. The lowest BCUT2D eigenvalue weighted by Crippen LogP contribution is -2.52. The highest BCUT2D eigenvalue weighted by atomic mass is 16.3. The van der Waals surface area contributed by atoms with E-state index in [4.69, 9.17) is 21.0 Å². The van der Waals surface area contributed by atoms with Crippen LogP contribution < -0.4 is 0 Å². The van der Waals surface area contributed by atoms with Gasteiger partial charge in [0.25, 0.3) is 0 Å². The van der Waals surface area contributed by atoms with Crippen molar-refractivity contribution in [2.75, 3.05) is 0 Å². The van der Waals surface area contributed by atoms with Crippen LogP contribution in [-0.2, 0) is 0 Å². The summed E-state index contributed by atoms with van der Waals surface area (Å²) in [5.41, 5.74) is -1.38. The Labute approximate surface area is 169 Å². The van der Waals surface area contributed by atoms with Crippen molar-refractivity contribution in [1.29, 1.82) is 21.0 Å². The van der Waals surface area contributed by atoms with Gasteiger partial charge >= 0.3 is 0 Å². The van der Waals surface area contributed by atoms with Crippen LogP contribution in [0.3, 0.4) is 0 Å². The number of hydrogen-bond donors (Lipinski definition) is 2. The number of aliphatic hydroxyl groups is 2. The molecule has 0 spiro atoms. The monoisotopic (exact) mass is 384 g/mol. The molecule has 6 heteroatoms. The molecular formula is C22H32N4O2. The molecule has 1 fully saturated rings. The van der Waals surface area contributed by atoms with Crippen molar-refractivity contribution < 1.29 is 10.2 Å². The molecule has 0 radical (unpaired) electrons. The number of hydrogen-bond acceptors (Lipinski definition) is 6. The normalized spacial score (nSPS) is 24.1. The van der Waals surface area contributed by atoms with Gasteiger partial charge in [-0.1, -0.05) is 25.7 Å². The molecule has 152 valence electrons. The molecule has 0 amide bonds. The summed E-state index contributed by atoms with van der Waals surface area (Å²) in [7, 11) is 0. The molecule has 0 bridgehead atoms. The molecule has 1 rings (SSSR count). The molecule has 2 N–H and O–H groups in total. The lowest BCUT2D eigenvalue weighted by Gasteiger charge is -2.48. The molecule has 0 saturated heterocycles. The molecule has 1 aliphatic rings. The van der Waals surface area contributed by atoms with Crippen LogP contribution in [0.1, 0.15) is 89.9 Å². The fourth-order valence-corrected chi connectivity index (χ4v) is 4.83. The second-order valence-electron chi connectivity index (χ2n) is 8.16. The van der Waals surface area contributed by atoms with E-state index in [1.807, 2.05) is 0 Å². The number of nitriles is 4. The molecule has 1 aliphatic carbocycles. The molecule has 0 aromatic heterocycles. The first-order chi connectivity index (χ1) is 13.5. The maximum Gasteiger partial charge on any atom is 0.0861 e. The molecule has 6 nitrogen and oxygen atoms in total. The molecule has 2 atom stereocenters. The summed E-state index contributed by atoms with van der Waals surface area (Å²) < 4.78 is 0. The van der Waals surface area contributed by atoms with Gasteiger partial charge in [-0.05, 0) is 38.5 Å². The molecular weight excluding hydrogens is 352 g/mol. The third kappa shape index (κ3) is 6.21. The molecule has 0 aliphatic heterocycles. The Morgan fingerprint density at radius 3 is 1.11 bits per heavy atom. The van der Waals surface area contributed by atoms with Crippen molar-refractivity contribution in [2.45, 2.75) is 102 Å². The minimum absolute atomic E-state index is 0.262. The van der Waals surface area contributed by atoms with E-state index in [1.54, 1.807) is 0 Å². The van der Waals surface area contributed by atoms with Crippen molar-refractivity contribution >= 4 is 0 Å². The Hall–Kier alpha value is -2.12. The molecule has 28 heavy (non-hydrogen) atoms. The van der Waals surface area contributed by atoms with Crippen LogP contribution in [-0.4, -0.2) is 22.4 Å². The van der Waals surface area contributed by atoms with E-state index < -0.39 is 23.0 Å². The van der Waals surface area contributed by atoms with Crippen molar-refractivity contribution in [1.82, 2.24) is 0 Å². The van der Waals surface area contributed by atoms with E-state index in [-0.39, 0.29) is 25.7 Å². The molecule has 2 unspecified atom stereocenters. The first-order valence-electron chi connectivity index (χ1n) is 10.4. The average molecular weight is 385 g/mol. The Bertz CT molecular complexity index is 543. The summed E-state index contributed by atoms with van der Waals surface area (Å²) in [5, 5.41) is 59.2. The van der Waals surface area contributed by atoms with Gasteiger partial charge in [-0.25, -0.2) is 0 Å². The van der Waals surface area contributed by atoms with Crippen molar-refractivity contribution in [3.05, 3.63) is 0 Å². The lowest BCUT2D eigenvalue weighted by molar-refractivity contribution is -0.137. The van der Waals surface area contributed by atoms with E-state index >= 15 is 0 Å². The van der Waals surface area contributed by atoms with Gasteiger partial charge in [-0.2, -0.15) is 21.0 Å². The van der Waals surface area contributed by atoms with Crippen LogP contribution in [0, 0.1) is 56.2 Å². The highest BCUT2D eigenvalue weighted by Crippen LogP contribution is 2.48. The van der Waals surface area contributed by atoms with Gasteiger partial charge < -0.3 is 10.2 Å². The Balaban J connectivity index is 3.33. The summed E-state index contributed by atoms with van der Waals surface area (Å²) >= 11 is 0. The number of aliphatic hydroxyl groups excluding tert-OH is 2. The summed E-state index contributed by atoms with van der Waals surface area (Å²) in [6, 6.07) is 8.57. The zero-order chi connectivity index (χ0) is 20.9. The van der Waals surface area contributed by atoms with Crippen LogP contribution in [0.4, 0.5) is 0 Å². The Morgan fingerprint density at radius 1 is 0.571 bits per heavy atom. The Morgan fingerprint density at radius 2 is 0.857 bits per heavy atom. The summed E-state index contributed by atoms with van der Waals surface area (Å²) in [6.45, 7) is 0. The van der Waals surface area contributed by atoms with Crippen LogP contribution in [0.5, 0.6) is 0 Å². The minimum Gasteiger partial charge on any atom is -0.390 e. The largest absolute Gasteiger partial charge is 0.390 e. The van der Waals surface area contributed by atoms with Crippen molar-refractivity contribution in [3.63, 3.8) is 0 Å². The second-order valence-corrected chi connectivity index (χ2v) is 8.16. The van der Waals surface area contributed by atoms with Crippen LogP contribution in [0.25, 0.3) is 0 Å². The quantitative estimate of drug-likeness (QED) is 0.642. The Kier molecular flexibility index (Phi) is 10.6. The minimum atomic E-state index is -1.08. The predicted octanol–water partition coefficient (Wildman–Crippen LogP) is 4.25. The van der Waals surface area contributed by atoms with E-state index in [2.05, 4.69) is 24.3 Å². The van der Waals surface area contributed by atoms with Gasteiger partial charge in [0.15, 0.2) is 0 Å². The molecule has 0 aromatic carbocycles. The number of nitrogens with zero attached hydrogens (tertiary/aromatic N) is 4. The van der Waals surface area contributed by atoms with Crippen molar-refractivity contribution in [2.24, 2.45) is 10.8 Å². The molecule has 1 saturated carbocycles. The topological polar surface area (TPSA) is 136 Å². The second kappa shape index (κ2) is 12.4. The van der Waals surface area contributed by atoms with Gasteiger partial charge in [-0.15, -0.1) is 0 Å².